The van der Waals surface area contributed by atoms with Gasteiger partial charge in [0.25, 0.3) is 0 Å². The normalized spacial score (nSPS) is 19.1. The molecule has 1 aromatic rings. The van der Waals surface area contributed by atoms with Crippen molar-refractivity contribution in [3.8, 4) is 0 Å². The highest BCUT2D eigenvalue weighted by Crippen LogP contribution is 2.17. The molecule has 2 rings (SSSR count). The molecule has 0 bridgehead atoms. The predicted octanol–water partition coefficient (Wildman–Crippen LogP) is 2.98. The second-order valence-electron chi connectivity index (χ2n) is 5.28. The molecule has 1 amide bonds. The van der Waals surface area contributed by atoms with Crippen LogP contribution in [0.5, 0.6) is 0 Å². The first-order valence-corrected chi connectivity index (χ1v) is 7.30. The van der Waals surface area contributed by atoms with Crippen molar-refractivity contribution in [1.29, 1.82) is 0 Å². The average Bonchev–Trinajstić information content (AvgIpc) is 2.47. The van der Waals surface area contributed by atoms with E-state index in [2.05, 4.69) is 29.7 Å². The molecular weight excluding hydrogens is 236 g/mol. The van der Waals surface area contributed by atoms with Gasteiger partial charge in [-0.3, -0.25) is 4.79 Å². The Morgan fingerprint density at radius 2 is 2.16 bits per heavy atom. The number of amides is 1. The number of carbonyl (C=O) groups is 1. The maximum Gasteiger partial charge on any atom is 0.224 e. The van der Waals surface area contributed by atoms with E-state index < -0.39 is 0 Å². The summed E-state index contributed by atoms with van der Waals surface area (Å²) in [6, 6.07) is 8.09. The molecule has 1 unspecified atom stereocenters. The highest BCUT2D eigenvalue weighted by Gasteiger charge is 2.15. The number of rotatable bonds is 5. The molecule has 103 valence electrons. The zero-order valence-corrected chi connectivity index (χ0v) is 11.7. The number of hydrogen-bond acceptors (Lipinski definition) is 1. The van der Waals surface area contributed by atoms with Crippen molar-refractivity contribution in [3.05, 3.63) is 29.8 Å². The van der Waals surface area contributed by atoms with Crippen molar-refractivity contribution in [2.45, 2.75) is 39.0 Å². The third-order valence-electron chi connectivity index (χ3n) is 3.74. The van der Waals surface area contributed by atoms with Crippen LogP contribution in [0.1, 0.15) is 38.2 Å². The van der Waals surface area contributed by atoms with Gasteiger partial charge in [0.1, 0.15) is 0 Å². The second-order valence-corrected chi connectivity index (χ2v) is 5.28. The number of nitrogens with one attached hydrogen (secondary N) is 1. The molecule has 0 spiro atoms. The van der Waals surface area contributed by atoms with E-state index in [-0.39, 0.29) is 5.91 Å². The number of aryl methyl sites for hydroxylation is 1. The fourth-order valence-electron chi connectivity index (χ4n) is 2.48. The lowest BCUT2D eigenvalue weighted by Gasteiger charge is -2.20. The summed E-state index contributed by atoms with van der Waals surface area (Å²) in [6.07, 6.45) is 5.00. The van der Waals surface area contributed by atoms with E-state index in [1.807, 2.05) is 12.1 Å². The van der Waals surface area contributed by atoms with Gasteiger partial charge in [0.05, 0.1) is 0 Å². The first-order chi connectivity index (χ1) is 9.28. The summed E-state index contributed by atoms with van der Waals surface area (Å²) < 4.78 is 0. The van der Waals surface area contributed by atoms with Crippen LogP contribution < -0.4 is 10.6 Å². The molecule has 1 fully saturated rings. The van der Waals surface area contributed by atoms with Gasteiger partial charge >= 0.3 is 0 Å². The van der Waals surface area contributed by atoms with Crippen molar-refractivity contribution in [3.63, 3.8) is 0 Å². The predicted molar refractivity (Wildman–Crippen MR) is 78.3 cm³/mol. The van der Waals surface area contributed by atoms with Gasteiger partial charge in [-0.2, -0.15) is 0 Å². The van der Waals surface area contributed by atoms with Crippen LogP contribution in [0.25, 0.3) is 0 Å². The van der Waals surface area contributed by atoms with E-state index in [1.165, 1.54) is 18.4 Å². The topological polar surface area (TPSA) is 43.2 Å². The van der Waals surface area contributed by atoms with Crippen LogP contribution in [0, 0.1) is 5.92 Å². The van der Waals surface area contributed by atoms with Crippen molar-refractivity contribution in [2.24, 2.45) is 5.92 Å². The standard InChI is InChI=1S/C16H23N2O/c1-2-13-5-8-15(9-6-13)18-16(19)10-7-14-4-3-11-17-12-14/h5-6,8-9,14H,2-4,7,10-12H2,1H3,(H,18,19). The maximum absolute atomic E-state index is 11.9. The Labute approximate surface area is 115 Å². The Hall–Kier alpha value is -1.35. The fraction of sp³-hybridized carbons (Fsp3) is 0.562. The van der Waals surface area contributed by atoms with Gasteiger partial charge in [0.2, 0.25) is 5.91 Å². The quantitative estimate of drug-likeness (QED) is 0.868. The minimum atomic E-state index is 0.120. The Balaban J connectivity index is 1.73. The maximum atomic E-state index is 11.9. The zero-order chi connectivity index (χ0) is 13.5. The van der Waals surface area contributed by atoms with Crippen LogP contribution in [0.15, 0.2) is 24.3 Å². The summed E-state index contributed by atoms with van der Waals surface area (Å²) in [7, 11) is 0. The van der Waals surface area contributed by atoms with Gasteiger partial charge in [-0.1, -0.05) is 19.1 Å². The summed E-state index contributed by atoms with van der Waals surface area (Å²) in [6.45, 7) is 4.08. The molecule has 0 aliphatic carbocycles. The van der Waals surface area contributed by atoms with E-state index in [9.17, 15) is 4.79 Å². The third kappa shape index (κ3) is 4.67. The molecule has 1 aliphatic rings. The first kappa shape index (κ1) is 14.1. The van der Waals surface area contributed by atoms with Gasteiger partial charge in [-0.25, -0.2) is 5.32 Å². The smallest absolute Gasteiger partial charge is 0.224 e. The minimum absolute atomic E-state index is 0.120. The number of hydrogen-bond donors (Lipinski definition) is 1. The molecule has 1 atom stereocenters. The van der Waals surface area contributed by atoms with Crippen LogP contribution >= 0.6 is 0 Å². The van der Waals surface area contributed by atoms with Crippen molar-refractivity contribution in [1.82, 2.24) is 5.32 Å². The third-order valence-corrected chi connectivity index (χ3v) is 3.74. The van der Waals surface area contributed by atoms with Gasteiger partial charge in [0, 0.05) is 25.2 Å². The van der Waals surface area contributed by atoms with Crippen LogP contribution in [-0.2, 0) is 11.2 Å². The molecular formula is C16H23N2O. The molecule has 0 saturated carbocycles. The van der Waals surface area contributed by atoms with Gasteiger partial charge in [0.15, 0.2) is 0 Å². The van der Waals surface area contributed by atoms with Crippen LogP contribution in [0.3, 0.4) is 0 Å². The highest BCUT2D eigenvalue weighted by atomic mass is 16.1. The van der Waals surface area contributed by atoms with Crippen molar-refractivity contribution in [2.75, 3.05) is 18.4 Å². The van der Waals surface area contributed by atoms with Gasteiger partial charge < -0.3 is 5.32 Å². The minimum Gasteiger partial charge on any atom is -0.326 e. The summed E-state index contributed by atoms with van der Waals surface area (Å²) in [5.74, 6) is 0.733. The second kappa shape index (κ2) is 7.29. The largest absolute Gasteiger partial charge is 0.326 e. The number of piperidine rings is 1. The number of anilines is 1. The monoisotopic (exact) mass is 259 g/mol. The fourth-order valence-corrected chi connectivity index (χ4v) is 2.48. The lowest BCUT2D eigenvalue weighted by Crippen LogP contribution is -2.25. The van der Waals surface area contributed by atoms with Crippen LogP contribution in [-0.4, -0.2) is 19.0 Å². The number of benzene rings is 1. The lowest BCUT2D eigenvalue weighted by atomic mass is 9.94. The van der Waals surface area contributed by atoms with Crippen LogP contribution in [0.2, 0.25) is 0 Å². The Morgan fingerprint density at radius 3 is 2.79 bits per heavy atom. The SMILES string of the molecule is CCc1ccc(NC(=O)CCC2CCC[N]C2)cc1. The molecule has 1 aliphatic heterocycles. The number of nitrogens with zero attached hydrogens (tertiary/aromatic N) is 1. The van der Waals surface area contributed by atoms with E-state index >= 15 is 0 Å². The summed E-state index contributed by atoms with van der Waals surface area (Å²) >= 11 is 0. The molecule has 3 heteroatoms. The van der Waals surface area contributed by atoms with Crippen LogP contribution in [0.4, 0.5) is 5.69 Å². The van der Waals surface area contributed by atoms with E-state index in [0.717, 1.165) is 31.6 Å². The van der Waals surface area contributed by atoms with Gasteiger partial charge in [-0.15, -0.1) is 0 Å². The zero-order valence-electron chi connectivity index (χ0n) is 11.7. The molecule has 0 aromatic heterocycles. The molecule has 19 heavy (non-hydrogen) atoms. The molecule has 3 nitrogen and oxygen atoms in total. The summed E-state index contributed by atoms with van der Waals surface area (Å²) in [5, 5.41) is 7.37. The summed E-state index contributed by atoms with van der Waals surface area (Å²) in [5.41, 5.74) is 2.19. The van der Waals surface area contributed by atoms with E-state index in [1.54, 1.807) is 0 Å². The molecule has 1 radical (unpaired) electrons. The van der Waals surface area contributed by atoms with Crippen molar-refractivity contribution < 1.29 is 4.79 Å². The van der Waals surface area contributed by atoms with Crippen molar-refractivity contribution >= 4 is 11.6 Å². The molecule has 1 aromatic carbocycles. The Morgan fingerprint density at radius 1 is 1.37 bits per heavy atom. The molecule has 1 heterocycles. The molecule has 1 saturated heterocycles. The number of carbonyl (C=O) groups excluding carboxylic acids is 1. The average molecular weight is 259 g/mol. The Bertz CT molecular complexity index is 394. The summed E-state index contributed by atoms with van der Waals surface area (Å²) in [4.78, 5) is 11.9. The first-order valence-electron chi connectivity index (χ1n) is 7.30. The molecule has 1 N–H and O–H groups in total. The highest BCUT2D eigenvalue weighted by molar-refractivity contribution is 5.90. The van der Waals surface area contributed by atoms with E-state index in [0.29, 0.717) is 12.3 Å². The lowest BCUT2D eigenvalue weighted by molar-refractivity contribution is -0.116. The Kier molecular flexibility index (Phi) is 5.40. The van der Waals surface area contributed by atoms with Gasteiger partial charge in [-0.05, 0) is 49.3 Å². The van der Waals surface area contributed by atoms with E-state index in [4.69, 9.17) is 0 Å².